The van der Waals surface area contributed by atoms with Crippen LogP contribution in [0.1, 0.15) is 15.5 Å². The Morgan fingerprint density at radius 3 is 3.00 bits per heavy atom. The van der Waals surface area contributed by atoms with Gasteiger partial charge in [0.1, 0.15) is 28.9 Å². The first-order valence-corrected chi connectivity index (χ1v) is 7.26. The molecular weight excluding hydrogens is 293 g/mol. The summed E-state index contributed by atoms with van der Waals surface area (Å²) in [6.45, 7) is 0.981. The number of thiazole rings is 1. The van der Waals surface area contributed by atoms with Gasteiger partial charge in [0.15, 0.2) is 0 Å². The van der Waals surface area contributed by atoms with Gasteiger partial charge in [0.25, 0.3) is 5.91 Å². The summed E-state index contributed by atoms with van der Waals surface area (Å²) in [5.74, 6) is -0.0996. The molecule has 0 aliphatic heterocycles. The fourth-order valence-corrected chi connectivity index (χ4v) is 2.31. The monoisotopic (exact) mass is 309 g/mol. The fraction of sp³-hybridized carbons (Fsp3) is 0.286. The SMILES string of the molecule is CN(CCOc1cccc(F)c1)C(=O)c1csc(CN)n1. The Labute approximate surface area is 126 Å². The number of halogens is 1. The van der Waals surface area contributed by atoms with Crippen LogP contribution >= 0.6 is 11.3 Å². The van der Waals surface area contributed by atoms with Crippen molar-refractivity contribution in [3.63, 3.8) is 0 Å². The lowest BCUT2D eigenvalue weighted by Gasteiger charge is -2.16. The highest BCUT2D eigenvalue weighted by Gasteiger charge is 2.15. The number of rotatable bonds is 6. The molecule has 0 atom stereocenters. The van der Waals surface area contributed by atoms with Crippen molar-refractivity contribution in [1.82, 2.24) is 9.88 Å². The lowest BCUT2D eigenvalue weighted by Crippen LogP contribution is -2.31. The maximum atomic E-state index is 13.0. The van der Waals surface area contributed by atoms with E-state index in [1.54, 1.807) is 24.6 Å². The summed E-state index contributed by atoms with van der Waals surface area (Å²) in [7, 11) is 1.67. The second-order valence-electron chi connectivity index (χ2n) is 4.36. The molecule has 1 heterocycles. The quantitative estimate of drug-likeness (QED) is 0.885. The first kappa shape index (κ1) is 15.4. The number of nitrogens with two attached hydrogens (primary N) is 1. The number of carbonyl (C=O) groups excluding carboxylic acids is 1. The molecule has 0 bridgehead atoms. The zero-order valence-corrected chi connectivity index (χ0v) is 12.4. The van der Waals surface area contributed by atoms with E-state index in [0.29, 0.717) is 24.5 Å². The topological polar surface area (TPSA) is 68.5 Å². The third kappa shape index (κ3) is 4.24. The van der Waals surface area contributed by atoms with E-state index in [2.05, 4.69) is 4.98 Å². The summed E-state index contributed by atoms with van der Waals surface area (Å²) in [5.41, 5.74) is 5.85. The van der Waals surface area contributed by atoms with Gasteiger partial charge in [0.05, 0.1) is 6.54 Å². The number of benzene rings is 1. The number of ether oxygens (including phenoxy) is 1. The average Bonchev–Trinajstić information content (AvgIpc) is 2.95. The number of carbonyl (C=O) groups is 1. The minimum atomic E-state index is -0.353. The summed E-state index contributed by atoms with van der Waals surface area (Å²) in [5, 5.41) is 2.41. The number of nitrogens with zero attached hydrogens (tertiary/aromatic N) is 2. The summed E-state index contributed by atoms with van der Waals surface area (Å²) in [6.07, 6.45) is 0. The molecule has 0 saturated heterocycles. The molecule has 1 aromatic carbocycles. The zero-order valence-electron chi connectivity index (χ0n) is 11.6. The predicted octanol–water partition coefficient (Wildman–Crippen LogP) is 1.89. The third-order valence-corrected chi connectivity index (χ3v) is 3.65. The van der Waals surface area contributed by atoms with Gasteiger partial charge in [-0.3, -0.25) is 4.79 Å². The Morgan fingerprint density at radius 2 is 2.33 bits per heavy atom. The van der Waals surface area contributed by atoms with Crippen LogP contribution in [0.3, 0.4) is 0 Å². The maximum absolute atomic E-state index is 13.0. The molecule has 0 fully saturated rings. The van der Waals surface area contributed by atoms with Crippen LogP contribution in [-0.4, -0.2) is 36.0 Å². The molecule has 2 rings (SSSR count). The first-order valence-electron chi connectivity index (χ1n) is 6.38. The van der Waals surface area contributed by atoms with E-state index in [1.165, 1.54) is 28.4 Å². The van der Waals surface area contributed by atoms with Crippen LogP contribution in [0.25, 0.3) is 0 Å². The number of hydrogen-bond donors (Lipinski definition) is 1. The zero-order chi connectivity index (χ0) is 15.2. The molecule has 21 heavy (non-hydrogen) atoms. The van der Waals surface area contributed by atoms with E-state index in [1.807, 2.05) is 0 Å². The lowest BCUT2D eigenvalue weighted by molar-refractivity contribution is 0.0768. The van der Waals surface area contributed by atoms with Crippen LogP contribution in [0.4, 0.5) is 4.39 Å². The highest BCUT2D eigenvalue weighted by molar-refractivity contribution is 7.09. The van der Waals surface area contributed by atoms with Gasteiger partial charge < -0.3 is 15.4 Å². The first-order chi connectivity index (χ1) is 10.1. The second-order valence-corrected chi connectivity index (χ2v) is 5.31. The highest BCUT2D eigenvalue weighted by Crippen LogP contribution is 2.13. The second kappa shape index (κ2) is 7.14. The molecule has 0 aliphatic carbocycles. The Bertz CT molecular complexity index is 618. The Hall–Kier alpha value is -1.99. The summed E-state index contributed by atoms with van der Waals surface area (Å²) in [6, 6.07) is 5.89. The van der Waals surface area contributed by atoms with E-state index in [4.69, 9.17) is 10.5 Å². The molecule has 0 saturated carbocycles. The van der Waals surface area contributed by atoms with Gasteiger partial charge in [-0.25, -0.2) is 9.37 Å². The molecular formula is C14H16FN3O2S. The van der Waals surface area contributed by atoms with Gasteiger partial charge >= 0.3 is 0 Å². The Morgan fingerprint density at radius 1 is 1.52 bits per heavy atom. The van der Waals surface area contributed by atoms with Crippen molar-refractivity contribution in [2.45, 2.75) is 6.54 Å². The van der Waals surface area contributed by atoms with Crippen LogP contribution in [0.2, 0.25) is 0 Å². The van der Waals surface area contributed by atoms with Crippen molar-refractivity contribution in [3.05, 3.63) is 46.2 Å². The molecule has 0 unspecified atom stereocenters. The van der Waals surface area contributed by atoms with Crippen molar-refractivity contribution in [1.29, 1.82) is 0 Å². The molecule has 2 aromatic rings. The van der Waals surface area contributed by atoms with Crippen LogP contribution in [0.15, 0.2) is 29.6 Å². The minimum Gasteiger partial charge on any atom is -0.492 e. The van der Waals surface area contributed by atoms with Gasteiger partial charge in [-0.15, -0.1) is 11.3 Å². The maximum Gasteiger partial charge on any atom is 0.273 e. The normalized spacial score (nSPS) is 10.4. The lowest BCUT2D eigenvalue weighted by atomic mass is 10.3. The van der Waals surface area contributed by atoms with Gasteiger partial charge in [-0.1, -0.05) is 6.07 Å². The van der Waals surface area contributed by atoms with Crippen molar-refractivity contribution < 1.29 is 13.9 Å². The van der Waals surface area contributed by atoms with Crippen molar-refractivity contribution in [2.75, 3.05) is 20.2 Å². The smallest absolute Gasteiger partial charge is 0.273 e. The molecule has 1 amide bonds. The Kier molecular flexibility index (Phi) is 5.24. The molecule has 2 N–H and O–H groups in total. The van der Waals surface area contributed by atoms with E-state index in [9.17, 15) is 9.18 Å². The molecule has 7 heteroatoms. The average molecular weight is 309 g/mol. The van der Waals surface area contributed by atoms with Crippen LogP contribution in [0, 0.1) is 5.82 Å². The number of hydrogen-bond acceptors (Lipinski definition) is 5. The van der Waals surface area contributed by atoms with Gasteiger partial charge in [-0.2, -0.15) is 0 Å². The van der Waals surface area contributed by atoms with Crippen LogP contribution < -0.4 is 10.5 Å². The molecule has 0 radical (unpaired) electrons. The van der Waals surface area contributed by atoms with E-state index in [0.717, 1.165) is 5.01 Å². The van der Waals surface area contributed by atoms with E-state index >= 15 is 0 Å². The van der Waals surface area contributed by atoms with Gasteiger partial charge in [0.2, 0.25) is 0 Å². The molecule has 0 aliphatic rings. The molecule has 1 aromatic heterocycles. The molecule has 112 valence electrons. The van der Waals surface area contributed by atoms with Crippen molar-refractivity contribution in [3.8, 4) is 5.75 Å². The summed E-state index contributed by atoms with van der Waals surface area (Å²) < 4.78 is 18.4. The Balaban J connectivity index is 1.84. The summed E-state index contributed by atoms with van der Waals surface area (Å²) >= 11 is 1.36. The third-order valence-electron chi connectivity index (χ3n) is 2.78. The van der Waals surface area contributed by atoms with Crippen LogP contribution in [0.5, 0.6) is 5.75 Å². The number of aromatic nitrogens is 1. The van der Waals surface area contributed by atoms with Crippen molar-refractivity contribution >= 4 is 17.2 Å². The van der Waals surface area contributed by atoms with Crippen molar-refractivity contribution in [2.24, 2.45) is 5.73 Å². The standard InChI is InChI=1S/C14H16FN3O2S/c1-18(14(19)12-9-21-13(8-16)17-12)5-6-20-11-4-2-3-10(15)7-11/h2-4,7,9H,5-6,8,16H2,1H3. The van der Waals surface area contributed by atoms with E-state index in [-0.39, 0.29) is 18.3 Å². The molecule has 5 nitrogen and oxygen atoms in total. The largest absolute Gasteiger partial charge is 0.492 e. The van der Waals surface area contributed by atoms with E-state index < -0.39 is 0 Å². The predicted molar refractivity (Wildman–Crippen MR) is 78.9 cm³/mol. The number of likely N-dealkylation sites (N-methyl/N-ethyl adjacent to an activating group) is 1. The number of amides is 1. The minimum absolute atomic E-state index is 0.186. The highest BCUT2D eigenvalue weighted by atomic mass is 32.1. The van der Waals surface area contributed by atoms with Gasteiger partial charge in [0, 0.05) is 25.0 Å². The fourth-order valence-electron chi connectivity index (χ4n) is 1.66. The van der Waals surface area contributed by atoms with Gasteiger partial charge in [-0.05, 0) is 12.1 Å². The molecule has 0 spiro atoms. The summed E-state index contributed by atoms with van der Waals surface area (Å²) in [4.78, 5) is 17.7. The van der Waals surface area contributed by atoms with Crippen LogP contribution in [-0.2, 0) is 6.54 Å².